The minimum atomic E-state index is -0.446. The molecule has 4 heteroatoms. The first kappa shape index (κ1) is 10.5. The molecule has 0 aromatic carbocycles. The number of hydrogen-bond donors (Lipinski definition) is 1. The van der Waals surface area contributed by atoms with Crippen LogP contribution in [0.4, 0.5) is 0 Å². The van der Waals surface area contributed by atoms with Crippen LogP contribution in [0.1, 0.15) is 19.3 Å². The third-order valence-electron chi connectivity index (χ3n) is 2.44. The van der Waals surface area contributed by atoms with Crippen molar-refractivity contribution in [3.05, 3.63) is 0 Å². The van der Waals surface area contributed by atoms with Gasteiger partial charge in [-0.3, -0.25) is 4.79 Å². The van der Waals surface area contributed by atoms with Crippen molar-refractivity contribution >= 4 is 5.91 Å². The second kappa shape index (κ2) is 5.19. The van der Waals surface area contributed by atoms with Crippen molar-refractivity contribution in [3.63, 3.8) is 0 Å². The first-order chi connectivity index (χ1) is 6.29. The number of rotatable bonds is 3. The van der Waals surface area contributed by atoms with Gasteiger partial charge in [-0.15, -0.1) is 0 Å². The van der Waals surface area contributed by atoms with Crippen LogP contribution < -0.4 is 5.73 Å². The van der Waals surface area contributed by atoms with Crippen LogP contribution in [0.15, 0.2) is 0 Å². The highest BCUT2D eigenvalue weighted by Gasteiger charge is 2.23. The number of nitrogens with two attached hydrogens (primary N) is 1. The number of nitrogens with zero attached hydrogens (tertiary/aromatic N) is 1. The first-order valence-electron chi connectivity index (χ1n) is 4.81. The molecule has 13 heavy (non-hydrogen) atoms. The summed E-state index contributed by atoms with van der Waals surface area (Å²) in [6.07, 6.45) is 2.99. The molecule has 0 spiro atoms. The first-order valence-corrected chi connectivity index (χ1v) is 4.81. The second-order valence-electron chi connectivity index (χ2n) is 3.35. The zero-order valence-electron chi connectivity index (χ0n) is 8.16. The molecule has 1 aliphatic heterocycles. The van der Waals surface area contributed by atoms with Crippen LogP contribution in [-0.2, 0) is 9.53 Å². The topological polar surface area (TPSA) is 55.6 Å². The molecule has 1 aliphatic rings. The minimum Gasteiger partial charge on any atom is -0.370 e. The summed E-state index contributed by atoms with van der Waals surface area (Å²) in [5, 5.41) is 0. The van der Waals surface area contributed by atoms with E-state index in [0.717, 1.165) is 25.9 Å². The Morgan fingerprint density at radius 1 is 1.46 bits per heavy atom. The van der Waals surface area contributed by atoms with Crippen LogP contribution in [-0.4, -0.2) is 43.7 Å². The Kier molecular flexibility index (Phi) is 4.18. The standard InChI is InChI=1S/C9H18N2O2/c1-13-8(7-10)9(12)11-5-3-2-4-6-11/h8H,2-7,10H2,1H3. The maximum Gasteiger partial charge on any atom is 0.253 e. The average molecular weight is 186 g/mol. The Balaban J connectivity index is 2.44. The highest BCUT2D eigenvalue weighted by atomic mass is 16.5. The predicted octanol–water partition coefficient (Wildman–Crippen LogP) is -0.0274. The molecule has 1 amide bonds. The molecule has 0 saturated carbocycles. The van der Waals surface area contributed by atoms with Gasteiger partial charge < -0.3 is 15.4 Å². The Morgan fingerprint density at radius 3 is 2.54 bits per heavy atom. The number of amides is 1. The Morgan fingerprint density at radius 2 is 2.08 bits per heavy atom. The fourth-order valence-corrected chi connectivity index (χ4v) is 1.62. The molecular weight excluding hydrogens is 168 g/mol. The van der Waals surface area contributed by atoms with Crippen LogP contribution in [0.2, 0.25) is 0 Å². The molecule has 1 heterocycles. The number of methoxy groups -OCH3 is 1. The van der Waals surface area contributed by atoms with E-state index in [1.807, 2.05) is 4.90 Å². The van der Waals surface area contributed by atoms with Crippen molar-refractivity contribution in [3.8, 4) is 0 Å². The predicted molar refractivity (Wildman–Crippen MR) is 50.3 cm³/mol. The van der Waals surface area contributed by atoms with Gasteiger partial charge in [0.1, 0.15) is 6.10 Å². The number of carbonyl (C=O) groups excluding carboxylic acids is 1. The lowest BCUT2D eigenvalue weighted by Crippen LogP contribution is -2.45. The zero-order valence-corrected chi connectivity index (χ0v) is 8.16. The van der Waals surface area contributed by atoms with Gasteiger partial charge in [0, 0.05) is 26.7 Å². The van der Waals surface area contributed by atoms with Crippen molar-refractivity contribution in [2.45, 2.75) is 25.4 Å². The molecular formula is C9H18N2O2. The van der Waals surface area contributed by atoms with E-state index >= 15 is 0 Å². The number of likely N-dealkylation sites (tertiary alicyclic amines) is 1. The van der Waals surface area contributed by atoms with Crippen LogP contribution >= 0.6 is 0 Å². The molecule has 1 saturated heterocycles. The van der Waals surface area contributed by atoms with Crippen molar-refractivity contribution in [2.24, 2.45) is 5.73 Å². The summed E-state index contributed by atoms with van der Waals surface area (Å²) in [4.78, 5) is 13.5. The normalized spacial score (nSPS) is 20.0. The monoisotopic (exact) mass is 186 g/mol. The number of hydrogen-bond acceptors (Lipinski definition) is 3. The fourth-order valence-electron chi connectivity index (χ4n) is 1.62. The summed E-state index contributed by atoms with van der Waals surface area (Å²) in [5.41, 5.74) is 5.42. The summed E-state index contributed by atoms with van der Waals surface area (Å²) in [7, 11) is 1.53. The highest BCUT2D eigenvalue weighted by molar-refractivity contribution is 5.81. The third kappa shape index (κ3) is 2.67. The molecule has 1 atom stereocenters. The van der Waals surface area contributed by atoms with Crippen LogP contribution in [0, 0.1) is 0 Å². The number of piperidine rings is 1. The Bertz CT molecular complexity index is 163. The molecule has 1 fully saturated rings. The van der Waals surface area contributed by atoms with Crippen molar-refractivity contribution < 1.29 is 9.53 Å². The Labute approximate surface area is 79.0 Å². The molecule has 76 valence electrons. The maximum atomic E-state index is 11.7. The van der Waals surface area contributed by atoms with Gasteiger partial charge in [-0.2, -0.15) is 0 Å². The van der Waals surface area contributed by atoms with E-state index in [1.54, 1.807) is 0 Å². The lowest BCUT2D eigenvalue weighted by atomic mass is 10.1. The molecule has 0 aromatic rings. The van der Waals surface area contributed by atoms with Crippen LogP contribution in [0.5, 0.6) is 0 Å². The van der Waals surface area contributed by atoms with E-state index in [2.05, 4.69) is 0 Å². The zero-order chi connectivity index (χ0) is 9.68. The lowest BCUT2D eigenvalue weighted by molar-refractivity contribution is -0.142. The van der Waals surface area contributed by atoms with Gasteiger partial charge in [-0.05, 0) is 19.3 Å². The molecule has 0 radical (unpaired) electrons. The molecule has 4 nitrogen and oxygen atoms in total. The molecule has 0 aliphatic carbocycles. The van der Waals surface area contributed by atoms with E-state index in [0.29, 0.717) is 0 Å². The molecule has 1 rings (SSSR count). The average Bonchev–Trinajstić information content (AvgIpc) is 2.21. The van der Waals surface area contributed by atoms with Gasteiger partial charge in [-0.1, -0.05) is 0 Å². The summed E-state index contributed by atoms with van der Waals surface area (Å²) < 4.78 is 5.00. The Hall–Kier alpha value is -0.610. The van der Waals surface area contributed by atoms with Gasteiger partial charge in [0.15, 0.2) is 0 Å². The molecule has 1 unspecified atom stereocenters. The van der Waals surface area contributed by atoms with E-state index in [9.17, 15) is 4.79 Å². The van der Waals surface area contributed by atoms with Gasteiger partial charge in [-0.25, -0.2) is 0 Å². The van der Waals surface area contributed by atoms with E-state index in [1.165, 1.54) is 13.5 Å². The smallest absolute Gasteiger partial charge is 0.253 e. The third-order valence-corrected chi connectivity index (χ3v) is 2.44. The van der Waals surface area contributed by atoms with Crippen LogP contribution in [0.25, 0.3) is 0 Å². The molecule has 2 N–H and O–H groups in total. The number of carbonyl (C=O) groups is 1. The van der Waals surface area contributed by atoms with Crippen molar-refractivity contribution in [1.82, 2.24) is 4.90 Å². The quantitative estimate of drug-likeness (QED) is 0.673. The highest BCUT2D eigenvalue weighted by Crippen LogP contribution is 2.10. The summed E-state index contributed by atoms with van der Waals surface area (Å²) in [6.45, 7) is 1.99. The second-order valence-corrected chi connectivity index (χ2v) is 3.35. The van der Waals surface area contributed by atoms with Gasteiger partial charge in [0.2, 0.25) is 0 Å². The van der Waals surface area contributed by atoms with Gasteiger partial charge >= 0.3 is 0 Å². The van der Waals surface area contributed by atoms with Crippen LogP contribution in [0.3, 0.4) is 0 Å². The minimum absolute atomic E-state index is 0.0460. The summed E-state index contributed by atoms with van der Waals surface area (Å²) >= 11 is 0. The van der Waals surface area contributed by atoms with Gasteiger partial charge in [0.05, 0.1) is 0 Å². The maximum absolute atomic E-state index is 11.7. The van der Waals surface area contributed by atoms with Crippen molar-refractivity contribution in [2.75, 3.05) is 26.7 Å². The van der Waals surface area contributed by atoms with E-state index in [4.69, 9.17) is 10.5 Å². The van der Waals surface area contributed by atoms with Crippen molar-refractivity contribution in [1.29, 1.82) is 0 Å². The van der Waals surface area contributed by atoms with E-state index in [-0.39, 0.29) is 12.5 Å². The fraction of sp³-hybridized carbons (Fsp3) is 0.889. The summed E-state index contributed by atoms with van der Waals surface area (Å²) in [6, 6.07) is 0. The van der Waals surface area contributed by atoms with E-state index < -0.39 is 6.10 Å². The van der Waals surface area contributed by atoms with Gasteiger partial charge in [0.25, 0.3) is 5.91 Å². The molecule has 0 bridgehead atoms. The molecule has 0 aromatic heterocycles. The SMILES string of the molecule is COC(CN)C(=O)N1CCCCC1. The summed E-state index contributed by atoms with van der Waals surface area (Å²) in [5.74, 6) is 0.0460. The number of ether oxygens (including phenoxy) is 1. The largest absolute Gasteiger partial charge is 0.370 e. The lowest BCUT2D eigenvalue weighted by Gasteiger charge is -2.29.